The van der Waals surface area contributed by atoms with Crippen LogP contribution >= 0.6 is 23.5 Å². The Morgan fingerprint density at radius 1 is 0.202 bits per heavy atom. The summed E-state index contributed by atoms with van der Waals surface area (Å²) in [4.78, 5) is 20.8. The standard InChI is InChI=1S/C43H25BN4O2.C31H18BN3O2.C31H18BN3S2/c1-5-15-33-28(11-1)29-12-2-6-16-34(29)46(33)26-21-22-32-37(23-26)48-36-18-8-7-17-35(36)47(43(48)45-32)27-24-40-42-41(25-27)50-39-20-10-4-14-31(39)44(42)30-13-3-9-19-38(30)49-40;2*1-7-15-26-20(9-1)32-21-10-2-8-16-27(21)37-29-18-19(17-28(36-26)30(29)32)34-24-13-5-6-14-25(24)35-23-12-4-3-11-22(23)33-31(34)35/h1-25H;2*1-18H. The Morgan fingerprint density at radius 3 is 0.903 bits per heavy atom. The van der Waals surface area contributed by atoms with Crippen molar-refractivity contribution in [1.29, 1.82) is 0 Å². The smallest absolute Gasteiger partial charge is 0.260 e. The van der Waals surface area contributed by atoms with Crippen molar-refractivity contribution in [2.75, 3.05) is 0 Å². The minimum absolute atomic E-state index is 0.0265. The Hall–Kier alpha value is -15.6. The summed E-state index contributed by atoms with van der Waals surface area (Å²) in [5.41, 5.74) is 30.3. The molecule has 17 aromatic carbocycles. The molecule has 0 spiro atoms. The molecule has 7 aromatic heterocycles. The molecule has 0 N–H and O–H groups in total. The quantitative estimate of drug-likeness (QED) is 0.159. The van der Waals surface area contributed by atoms with Crippen LogP contribution < -0.4 is 68.1 Å². The average Bonchev–Trinajstić information content (AvgIpc) is 1.21. The number of hydrogen-bond donors (Lipinski definition) is 0. The summed E-state index contributed by atoms with van der Waals surface area (Å²) >= 11 is 3.80. The Balaban J connectivity index is 0.0000000968. The van der Waals surface area contributed by atoms with Gasteiger partial charge in [0.2, 0.25) is 24.0 Å². The number of rotatable bonds is 4. The van der Waals surface area contributed by atoms with Gasteiger partial charge >= 0.3 is 0 Å². The molecule has 0 saturated heterocycles. The van der Waals surface area contributed by atoms with Crippen LogP contribution in [0.15, 0.2) is 390 Å². The van der Waals surface area contributed by atoms with E-state index in [0.29, 0.717) is 0 Å². The van der Waals surface area contributed by atoms with Crippen molar-refractivity contribution in [3.05, 3.63) is 370 Å². The van der Waals surface area contributed by atoms with Crippen LogP contribution in [0, 0.1) is 0 Å². The number of para-hydroxylation sites is 16. The van der Waals surface area contributed by atoms with Crippen LogP contribution in [0.1, 0.15) is 0 Å². The normalized spacial score (nSPS) is 13.3. The van der Waals surface area contributed by atoms with Crippen LogP contribution in [-0.4, -0.2) is 66.6 Å². The van der Waals surface area contributed by atoms with Crippen LogP contribution in [0.5, 0.6) is 46.0 Å². The Labute approximate surface area is 716 Å². The van der Waals surface area contributed by atoms with Gasteiger partial charge in [-0.2, -0.15) is 0 Å². The van der Waals surface area contributed by atoms with Crippen molar-refractivity contribution in [3.8, 4) is 68.7 Å². The topological polar surface area (TPSA) is 109 Å². The first kappa shape index (κ1) is 68.2. The molecule has 6 aliphatic rings. The molecular formula is C105H61B3N10O4S2. The summed E-state index contributed by atoms with van der Waals surface area (Å²) in [6.45, 7) is 0.354. The molecular weight excluding hydrogens is 1560 g/mol. The molecule has 6 aliphatic heterocycles. The second-order valence-electron chi connectivity index (χ2n) is 32.4. The molecule has 0 radical (unpaired) electrons. The lowest BCUT2D eigenvalue weighted by Crippen LogP contribution is -2.58. The number of aromatic nitrogens is 10. The van der Waals surface area contributed by atoms with Gasteiger partial charge < -0.3 is 23.5 Å². The van der Waals surface area contributed by atoms with Gasteiger partial charge in [-0.15, -0.1) is 0 Å². The predicted octanol–water partition coefficient (Wildman–Crippen LogP) is 19.3. The van der Waals surface area contributed by atoms with E-state index < -0.39 is 0 Å². The minimum Gasteiger partial charge on any atom is -0.458 e. The first-order valence-corrected chi connectivity index (χ1v) is 43.4. The van der Waals surface area contributed by atoms with E-state index in [2.05, 4.69) is 359 Å². The lowest BCUT2D eigenvalue weighted by molar-refractivity contribution is 0.463. The van der Waals surface area contributed by atoms with E-state index in [9.17, 15) is 0 Å². The highest BCUT2D eigenvalue weighted by molar-refractivity contribution is 8.01. The molecule has 30 rings (SSSR count). The highest BCUT2D eigenvalue weighted by atomic mass is 32.2. The third kappa shape index (κ3) is 9.75. The number of benzene rings is 17. The van der Waals surface area contributed by atoms with Gasteiger partial charge in [0.15, 0.2) is 0 Å². The van der Waals surface area contributed by atoms with Crippen LogP contribution in [0.2, 0.25) is 0 Å². The van der Waals surface area contributed by atoms with Gasteiger partial charge in [0.25, 0.3) is 13.4 Å². The zero-order valence-electron chi connectivity index (χ0n) is 65.9. The van der Waals surface area contributed by atoms with Crippen molar-refractivity contribution in [2.24, 2.45) is 0 Å². The molecule has 124 heavy (non-hydrogen) atoms. The molecule has 24 aromatic rings. The van der Waals surface area contributed by atoms with Gasteiger partial charge in [-0.1, -0.05) is 241 Å². The maximum absolute atomic E-state index is 6.67. The van der Waals surface area contributed by atoms with Crippen LogP contribution in [0.3, 0.4) is 0 Å². The maximum atomic E-state index is 6.67. The molecule has 0 fully saturated rings. The summed E-state index contributed by atoms with van der Waals surface area (Å²) in [6.07, 6.45) is 0. The van der Waals surface area contributed by atoms with Crippen molar-refractivity contribution in [3.63, 3.8) is 0 Å². The van der Waals surface area contributed by atoms with E-state index in [-0.39, 0.29) is 20.1 Å². The fraction of sp³-hybridized carbons (Fsp3) is 0. The number of ether oxygens (including phenoxy) is 4. The van der Waals surface area contributed by atoms with Gasteiger partial charge in [-0.3, -0.25) is 26.9 Å². The first-order chi connectivity index (χ1) is 61.5. The van der Waals surface area contributed by atoms with Crippen molar-refractivity contribution < 1.29 is 18.9 Å². The van der Waals surface area contributed by atoms with Gasteiger partial charge in [0, 0.05) is 71.2 Å². The summed E-state index contributed by atoms with van der Waals surface area (Å²) in [5.74, 6) is 9.39. The number of imidazole rings is 6. The fourth-order valence-corrected chi connectivity index (χ4v) is 23.2. The van der Waals surface area contributed by atoms with E-state index in [1.54, 1.807) is 0 Å². The Kier molecular flexibility index (Phi) is 14.3. The van der Waals surface area contributed by atoms with Gasteiger partial charge in [0.05, 0.1) is 94.3 Å². The van der Waals surface area contributed by atoms with Gasteiger partial charge in [-0.05, 0) is 167 Å². The Bertz CT molecular complexity index is 8250. The zero-order chi connectivity index (χ0) is 80.7. The van der Waals surface area contributed by atoms with E-state index in [0.717, 1.165) is 174 Å². The molecule has 0 atom stereocenters. The van der Waals surface area contributed by atoms with Crippen LogP contribution in [0.4, 0.5) is 0 Å². The minimum atomic E-state index is 0.0265. The van der Waals surface area contributed by atoms with Crippen LogP contribution in [0.25, 0.3) is 128 Å². The molecule has 0 unspecified atom stereocenters. The van der Waals surface area contributed by atoms with Gasteiger partial charge in [-0.25, -0.2) is 15.0 Å². The zero-order valence-corrected chi connectivity index (χ0v) is 67.5. The summed E-state index contributed by atoms with van der Waals surface area (Å²) in [6, 6.07) is 130. The van der Waals surface area contributed by atoms with Gasteiger partial charge in [0.1, 0.15) is 46.0 Å². The number of hydrogen-bond acceptors (Lipinski definition) is 9. The monoisotopic (exact) mass is 1620 g/mol. The highest BCUT2D eigenvalue weighted by Crippen LogP contribution is 2.46. The van der Waals surface area contributed by atoms with Crippen LogP contribution in [-0.2, 0) is 0 Å². The van der Waals surface area contributed by atoms with Crippen molar-refractivity contribution in [1.82, 2.24) is 46.4 Å². The number of nitrogens with zero attached hydrogens (tertiary/aromatic N) is 10. The Morgan fingerprint density at radius 2 is 0.500 bits per heavy atom. The largest absolute Gasteiger partial charge is 0.458 e. The molecule has 14 nitrogen and oxygen atoms in total. The predicted molar refractivity (Wildman–Crippen MR) is 504 cm³/mol. The van der Waals surface area contributed by atoms with E-state index in [1.165, 1.54) is 68.8 Å². The lowest BCUT2D eigenvalue weighted by atomic mass is 9.35. The third-order valence-corrected chi connectivity index (χ3v) is 28.1. The average molecular weight is 1620 g/mol. The molecule has 0 amide bonds. The molecule has 0 saturated carbocycles. The second kappa shape index (κ2) is 26.0. The summed E-state index contributed by atoms with van der Waals surface area (Å²) in [5, 5.41) is 2.48. The highest BCUT2D eigenvalue weighted by Gasteiger charge is 2.44. The molecule has 19 heteroatoms. The third-order valence-electron chi connectivity index (χ3n) is 25.8. The maximum Gasteiger partial charge on any atom is 0.260 e. The summed E-state index contributed by atoms with van der Waals surface area (Å²) in [7, 11) is 0. The molecule has 0 aliphatic carbocycles. The lowest BCUT2D eigenvalue weighted by Gasteiger charge is -2.33. The summed E-state index contributed by atoms with van der Waals surface area (Å²) < 4.78 is 42.3. The molecule has 13 heterocycles. The van der Waals surface area contributed by atoms with Crippen molar-refractivity contribution >= 4 is 198 Å². The SMILES string of the molecule is c1ccc2c(c1)Oc1cc(-n3c4ccccc4n4c5cc(-n6c7ccccc7c7ccccc76)ccc5nc34)cc3c1B2c1ccccc1O3.c1ccc2c(c1)Oc1cc(-n3c4ccccc4n4c5ccccc5nc34)cc3c1B2c1ccccc1O3.c1ccc2c(c1)Sc1cc(-n3c4ccccc4n4c5ccccc5nc34)cc3c1B2c1ccccc1S3. The number of fused-ring (bicyclic) bond motifs is 30. The second-order valence-corrected chi connectivity index (χ2v) is 34.6. The van der Waals surface area contributed by atoms with E-state index in [1.807, 2.05) is 66.0 Å². The first-order valence-electron chi connectivity index (χ1n) is 41.8. The van der Waals surface area contributed by atoms with Crippen molar-refractivity contribution in [2.45, 2.75) is 19.6 Å². The van der Waals surface area contributed by atoms with E-state index in [4.69, 9.17) is 33.9 Å². The molecule has 576 valence electrons. The molecule has 0 bridgehead atoms. The fourth-order valence-electron chi connectivity index (χ4n) is 20.7. The van der Waals surface area contributed by atoms with E-state index >= 15 is 0 Å².